The Morgan fingerprint density at radius 2 is 1.89 bits per heavy atom. The van der Waals surface area contributed by atoms with E-state index in [0.29, 0.717) is 27.5 Å². The summed E-state index contributed by atoms with van der Waals surface area (Å²) in [6.45, 7) is 4.60. The fourth-order valence-electron chi connectivity index (χ4n) is 2.41. The van der Waals surface area contributed by atoms with Crippen LogP contribution in [0.2, 0.25) is 5.02 Å². The van der Waals surface area contributed by atoms with Crippen molar-refractivity contribution in [1.29, 1.82) is 0 Å². The summed E-state index contributed by atoms with van der Waals surface area (Å²) in [5, 5.41) is 3.44. The Kier molecular flexibility index (Phi) is 8.95. The van der Waals surface area contributed by atoms with Crippen molar-refractivity contribution >= 4 is 39.1 Å². The molecule has 0 aliphatic rings. The number of carbonyl (C=O) groups excluding carboxylic acids is 1. The van der Waals surface area contributed by atoms with Crippen LogP contribution in [0.1, 0.15) is 39.5 Å². The minimum Gasteiger partial charge on any atom is -0.494 e. The van der Waals surface area contributed by atoms with Crippen molar-refractivity contribution < 1.29 is 14.3 Å². The Morgan fingerprint density at radius 3 is 2.56 bits per heavy atom. The lowest BCUT2D eigenvalue weighted by Crippen LogP contribution is -2.30. The minimum atomic E-state index is -0.656. The van der Waals surface area contributed by atoms with Gasteiger partial charge in [-0.25, -0.2) is 0 Å². The molecule has 0 heterocycles. The van der Waals surface area contributed by atoms with E-state index in [1.807, 2.05) is 24.3 Å². The normalized spacial score (nSPS) is 11.7. The molecular formula is C21H25BrClNO3. The van der Waals surface area contributed by atoms with Crippen molar-refractivity contribution in [3.05, 3.63) is 52.0 Å². The average molecular weight is 455 g/mol. The molecule has 0 saturated carbocycles. The fourth-order valence-corrected chi connectivity index (χ4v) is 3.19. The van der Waals surface area contributed by atoms with Crippen LogP contribution < -0.4 is 14.8 Å². The topological polar surface area (TPSA) is 47.6 Å². The minimum absolute atomic E-state index is 0.231. The van der Waals surface area contributed by atoms with Gasteiger partial charge in [-0.3, -0.25) is 4.79 Å². The second-order valence-electron chi connectivity index (χ2n) is 6.26. The van der Waals surface area contributed by atoms with E-state index >= 15 is 0 Å². The highest BCUT2D eigenvalue weighted by atomic mass is 79.9. The van der Waals surface area contributed by atoms with Gasteiger partial charge in [0.2, 0.25) is 0 Å². The maximum absolute atomic E-state index is 12.3. The number of hydrogen-bond acceptors (Lipinski definition) is 3. The van der Waals surface area contributed by atoms with Crippen LogP contribution in [0.25, 0.3) is 0 Å². The standard InChI is InChI=1S/C21H25BrClNO3/c1-3-4-5-6-13-26-18-10-8-17(9-11-18)24-21(25)15(2)27-20-12-7-16(23)14-19(20)22/h7-12,14-15H,3-6,13H2,1-2H3,(H,24,25). The van der Waals surface area contributed by atoms with Gasteiger partial charge in [0, 0.05) is 10.7 Å². The number of amides is 1. The fraction of sp³-hybridized carbons (Fsp3) is 0.381. The Balaban J connectivity index is 1.82. The molecule has 0 spiro atoms. The van der Waals surface area contributed by atoms with Crippen LogP contribution in [0.4, 0.5) is 5.69 Å². The van der Waals surface area contributed by atoms with Crippen LogP contribution in [0, 0.1) is 0 Å². The molecule has 146 valence electrons. The van der Waals surface area contributed by atoms with E-state index in [1.165, 1.54) is 19.3 Å². The first-order valence-electron chi connectivity index (χ1n) is 9.15. The first-order chi connectivity index (χ1) is 13.0. The molecule has 0 fully saturated rings. The number of benzene rings is 2. The Hall–Kier alpha value is -1.72. The van der Waals surface area contributed by atoms with E-state index < -0.39 is 6.10 Å². The highest BCUT2D eigenvalue weighted by Gasteiger charge is 2.16. The summed E-state index contributed by atoms with van der Waals surface area (Å²) in [5.74, 6) is 1.14. The number of anilines is 1. The van der Waals surface area contributed by atoms with E-state index in [4.69, 9.17) is 21.1 Å². The second-order valence-corrected chi connectivity index (χ2v) is 7.55. The molecular weight excluding hydrogens is 430 g/mol. The van der Waals surface area contributed by atoms with Gasteiger partial charge in [0.15, 0.2) is 6.10 Å². The van der Waals surface area contributed by atoms with Crippen LogP contribution in [-0.4, -0.2) is 18.6 Å². The van der Waals surface area contributed by atoms with Crippen LogP contribution in [0.3, 0.4) is 0 Å². The molecule has 27 heavy (non-hydrogen) atoms. The van der Waals surface area contributed by atoms with E-state index in [9.17, 15) is 4.79 Å². The number of unbranched alkanes of at least 4 members (excludes halogenated alkanes) is 3. The molecule has 0 radical (unpaired) electrons. The zero-order valence-corrected chi connectivity index (χ0v) is 18.0. The number of halogens is 2. The van der Waals surface area contributed by atoms with Gasteiger partial charge in [-0.1, -0.05) is 37.8 Å². The molecule has 0 saturated heterocycles. The Bertz CT molecular complexity index is 737. The highest BCUT2D eigenvalue weighted by Crippen LogP contribution is 2.29. The van der Waals surface area contributed by atoms with E-state index in [2.05, 4.69) is 28.2 Å². The SMILES string of the molecule is CCCCCCOc1ccc(NC(=O)C(C)Oc2ccc(Cl)cc2Br)cc1. The molecule has 1 unspecified atom stereocenters. The van der Waals surface area contributed by atoms with Gasteiger partial charge in [-0.05, 0) is 71.7 Å². The number of carbonyl (C=O) groups is 1. The molecule has 0 bridgehead atoms. The van der Waals surface area contributed by atoms with Crippen LogP contribution in [0.15, 0.2) is 46.9 Å². The van der Waals surface area contributed by atoms with Crippen LogP contribution in [0.5, 0.6) is 11.5 Å². The van der Waals surface area contributed by atoms with E-state index in [-0.39, 0.29) is 5.91 Å². The lowest BCUT2D eigenvalue weighted by atomic mass is 10.2. The van der Waals surface area contributed by atoms with Gasteiger partial charge in [-0.15, -0.1) is 0 Å². The van der Waals surface area contributed by atoms with Gasteiger partial charge < -0.3 is 14.8 Å². The van der Waals surface area contributed by atoms with Crippen molar-refractivity contribution in [3.63, 3.8) is 0 Å². The molecule has 0 aromatic heterocycles. The predicted octanol–water partition coefficient (Wildman–Crippen LogP) is 6.47. The zero-order chi connectivity index (χ0) is 19.6. The number of rotatable bonds is 10. The second kappa shape index (κ2) is 11.2. The maximum Gasteiger partial charge on any atom is 0.265 e. The first-order valence-corrected chi connectivity index (χ1v) is 10.3. The van der Waals surface area contributed by atoms with Gasteiger partial charge in [0.05, 0.1) is 11.1 Å². The van der Waals surface area contributed by atoms with Crippen molar-refractivity contribution in [2.45, 2.75) is 45.6 Å². The molecule has 0 aliphatic heterocycles. The van der Waals surface area contributed by atoms with Crippen molar-refractivity contribution in [2.75, 3.05) is 11.9 Å². The maximum atomic E-state index is 12.3. The summed E-state index contributed by atoms with van der Waals surface area (Å²) >= 11 is 9.29. The molecule has 2 aromatic carbocycles. The zero-order valence-electron chi connectivity index (χ0n) is 15.6. The van der Waals surface area contributed by atoms with Crippen molar-refractivity contribution in [2.24, 2.45) is 0 Å². The molecule has 2 aromatic rings. The Morgan fingerprint density at radius 1 is 1.15 bits per heavy atom. The Labute approximate surface area is 174 Å². The third kappa shape index (κ3) is 7.43. The summed E-state index contributed by atoms with van der Waals surface area (Å²) in [5.41, 5.74) is 0.698. The summed E-state index contributed by atoms with van der Waals surface area (Å²) in [6, 6.07) is 12.5. The van der Waals surface area contributed by atoms with Crippen LogP contribution in [-0.2, 0) is 4.79 Å². The van der Waals surface area contributed by atoms with Gasteiger partial charge >= 0.3 is 0 Å². The summed E-state index contributed by atoms with van der Waals surface area (Å²) < 4.78 is 12.1. The van der Waals surface area contributed by atoms with Crippen molar-refractivity contribution in [1.82, 2.24) is 0 Å². The number of ether oxygens (including phenoxy) is 2. The first kappa shape index (κ1) is 21.6. The monoisotopic (exact) mass is 453 g/mol. The molecule has 1 N–H and O–H groups in total. The number of hydrogen-bond donors (Lipinski definition) is 1. The molecule has 1 amide bonds. The predicted molar refractivity (Wildman–Crippen MR) is 114 cm³/mol. The molecule has 1 atom stereocenters. The lowest BCUT2D eigenvalue weighted by molar-refractivity contribution is -0.122. The summed E-state index contributed by atoms with van der Waals surface area (Å²) in [4.78, 5) is 12.3. The van der Waals surface area contributed by atoms with E-state index in [1.54, 1.807) is 25.1 Å². The van der Waals surface area contributed by atoms with Gasteiger partial charge in [0.25, 0.3) is 5.91 Å². The highest BCUT2D eigenvalue weighted by molar-refractivity contribution is 9.10. The molecule has 0 aliphatic carbocycles. The van der Waals surface area contributed by atoms with Crippen LogP contribution >= 0.6 is 27.5 Å². The summed E-state index contributed by atoms with van der Waals surface area (Å²) in [6.07, 6.45) is 4.04. The van der Waals surface area contributed by atoms with E-state index in [0.717, 1.165) is 12.2 Å². The summed E-state index contributed by atoms with van der Waals surface area (Å²) in [7, 11) is 0. The quantitative estimate of drug-likeness (QED) is 0.419. The van der Waals surface area contributed by atoms with Gasteiger partial charge in [0.1, 0.15) is 11.5 Å². The van der Waals surface area contributed by atoms with Gasteiger partial charge in [-0.2, -0.15) is 0 Å². The lowest BCUT2D eigenvalue weighted by Gasteiger charge is -2.16. The third-order valence-electron chi connectivity index (χ3n) is 3.96. The third-order valence-corrected chi connectivity index (χ3v) is 4.81. The average Bonchev–Trinajstić information content (AvgIpc) is 2.65. The smallest absolute Gasteiger partial charge is 0.265 e. The number of nitrogens with one attached hydrogen (secondary N) is 1. The largest absolute Gasteiger partial charge is 0.494 e. The molecule has 4 nitrogen and oxygen atoms in total. The van der Waals surface area contributed by atoms with Crippen molar-refractivity contribution in [3.8, 4) is 11.5 Å². The molecule has 6 heteroatoms. The molecule has 2 rings (SSSR count).